The highest BCUT2D eigenvalue weighted by Gasteiger charge is 2.13. The quantitative estimate of drug-likeness (QED) is 0.214. The number of aliphatic imine (C=N–C) groups is 1. The molecular formula is C21H38IN5O2. The van der Waals surface area contributed by atoms with Gasteiger partial charge in [-0.25, -0.2) is 4.79 Å². The summed E-state index contributed by atoms with van der Waals surface area (Å²) in [5.41, 5.74) is 1.87. The highest BCUT2D eigenvalue weighted by molar-refractivity contribution is 14.0. The van der Waals surface area contributed by atoms with Crippen molar-refractivity contribution in [2.24, 2.45) is 10.9 Å². The van der Waals surface area contributed by atoms with Crippen LogP contribution in [-0.4, -0.2) is 44.3 Å². The number of urea groups is 1. The molecule has 0 aromatic heterocycles. The first-order chi connectivity index (χ1) is 13.3. The summed E-state index contributed by atoms with van der Waals surface area (Å²) in [6.07, 6.45) is 1.19. The second-order valence-electron chi connectivity index (χ2n) is 7.33. The van der Waals surface area contributed by atoms with E-state index in [1.807, 2.05) is 45.0 Å². The van der Waals surface area contributed by atoms with Gasteiger partial charge in [0, 0.05) is 38.5 Å². The van der Waals surface area contributed by atoms with Crippen molar-refractivity contribution in [2.75, 3.05) is 25.5 Å². The summed E-state index contributed by atoms with van der Waals surface area (Å²) in [7, 11) is 1.76. The Hall–Kier alpha value is -1.55. The maximum absolute atomic E-state index is 11.7. The third-order valence-corrected chi connectivity index (χ3v) is 4.16. The van der Waals surface area contributed by atoms with Gasteiger partial charge in [0.2, 0.25) is 0 Å². The number of guanidine groups is 1. The number of benzene rings is 1. The smallest absolute Gasteiger partial charge is 0.319 e. The third-order valence-electron chi connectivity index (χ3n) is 4.16. The summed E-state index contributed by atoms with van der Waals surface area (Å²) in [5, 5.41) is 12.3. The van der Waals surface area contributed by atoms with E-state index in [0.717, 1.165) is 36.8 Å². The SMILES string of the molecule is CCOC(CCNC(=NC)NCc1ccc(NC(=O)NC(C)C)cc1)C(C)C.I. The summed E-state index contributed by atoms with van der Waals surface area (Å²) in [4.78, 5) is 16.0. The molecule has 0 aliphatic rings. The number of hydrogen-bond donors (Lipinski definition) is 4. The maximum atomic E-state index is 11.7. The number of ether oxygens (including phenoxy) is 1. The first-order valence-corrected chi connectivity index (χ1v) is 10.1. The van der Waals surface area contributed by atoms with Crippen molar-refractivity contribution >= 4 is 41.7 Å². The molecule has 0 bridgehead atoms. The number of nitrogens with one attached hydrogen (secondary N) is 4. The molecule has 0 aliphatic carbocycles. The van der Waals surface area contributed by atoms with Crippen LogP contribution in [0.15, 0.2) is 29.3 Å². The molecule has 1 atom stereocenters. The summed E-state index contributed by atoms with van der Waals surface area (Å²) in [5.74, 6) is 1.25. The molecule has 0 saturated carbocycles. The Morgan fingerprint density at radius 3 is 2.28 bits per heavy atom. The average molecular weight is 519 g/mol. The molecule has 1 aromatic carbocycles. The van der Waals surface area contributed by atoms with E-state index in [2.05, 4.69) is 40.1 Å². The van der Waals surface area contributed by atoms with E-state index in [4.69, 9.17) is 4.74 Å². The maximum Gasteiger partial charge on any atom is 0.319 e. The van der Waals surface area contributed by atoms with Gasteiger partial charge >= 0.3 is 6.03 Å². The van der Waals surface area contributed by atoms with Crippen molar-refractivity contribution in [3.63, 3.8) is 0 Å². The fraction of sp³-hybridized carbons (Fsp3) is 0.619. The van der Waals surface area contributed by atoms with Gasteiger partial charge in [0.25, 0.3) is 0 Å². The lowest BCUT2D eigenvalue weighted by atomic mass is 10.0. The van der Waals surface area contributed by atoms with Crippen LogP contribution >= 0.6 is 24.0 Å². The van der Waals surface area contributed by atoms with Gasteiger partial charge in [-0.15, -0.1) is 24.0 Å². The number of halogens is 1. The van der Waals surface area contributed by atoms with Crippen LogP contribution in [0.3, 0.4) is 0 Å². The van der Waals surface area contributed by atoms with Crippen LogP contribution in [0.5, 0.6) is 0 Å². The van der Waals surface area contributed by atoms with Crippen LogP contribution < -0.4 is 21.3 Å². The summed E-state index contributed by atoms with van der Waals surface area (Å²) in [6, 6.07) is 7.65. The predicted molar refractivity (Wildman–Crippen MR) is 132 cm³/mol. The summed E-state index contributed by atoms with van der Waals surface area (Å²) in [6.45, 7) is 12.4. The van der Waals surface area contributed by atoms with Crippen molar-refractivity contribution < 1.29 is 9.53 Å². The van der Waals surface area contributed by atoms with E-state index >= 15 is 0 Å². The average Bonchev–Trinajstić information content (AvgIpc) is 2.64. The van der Waals surface area contributed by atoms with E-state index < -0.39 is 0 Å². The summed E-state index contributed by atoms with van der Waals surface area (Å²) < 4.78 is 5.77. The molecule has 29 heavy (non-hydrogen) atoms. The summed E-state index contributed by atoms with van der Waals surface area (Å²) >= 11 is 0. The van der Waals surface area contributed by atoms with Crippen molar-refractivity contribution in [3.05, 3.63) is 29.8 Å². The van der Waals surface area contributed by atoms with Gasteiger partial charge in [-0.3, -0.25) is 4.99 Å². The molecule has 166 valence electrons. The number of hydrogen-bond acceptors (Lipinski definition) is 3. The first-order valence-electron chi connectivity index (χ1n) is 10.1. The lowest BCUT2D eigenvalue weighted by Crippen LogP contribution is -2.38. The second kappa shape index (κ2) is 15.3. The molecule has 0 saturated heterocycles. The van der Waals surface area contributed by atoms with Crippen LogP contribution in [0.1, 0.15) is 46.6 Å². The molecule has 4 N–H and O–H groups in total. The highest BCUT2D eigenvalue weighted by Crippen LogP contribution is 2.10. The topological polar surface area (TPSA) is 86.8 Å². The van der Waals surface area contributed by atoms with Crippen LogP contribution in [-0.2, 0) is 11.3 Å². The van der Waals surface area contributed by atoms with Gasteiger partial charge < -0.3 is 26.0 Å². The van der Waals surface area contributed by atoms with Crippen molar-refractivity contribution in [2.45, 2.75) is 59.7 Å². The van der Waals surface area contributed by atoms with Crippen molar-refractivity contribution in [3.8, 4) is 0 Å². The standard InChI is InChI=1S/C21H37N5O2.HI/c1-7-28-19(15(2)3)12-13-23-20(22-6)24-14-17-8-10-18(11-9-17)26-21(27)25-16(4)5;/h8-11,15-16,19H,7,12-14H2,1-6H3,(H2,22,23,24)(H2,25,26,27);1H. The first kappa shape index (κ1) is 27.5. The Labute approximate surface area is 192 Å². The van der Waals surface area contributed by atoms with E-state index in [-0.39, 0.29) is 42.2 Å². The number of anilines is 1. The molecule has 2 amide bonds. The van der Waals surface area contributed by atoms with Crippen molar-refractivity contribution in [1.82, 2.24) is 16.0 Å². The van der Waals surface area contributed by atoms with E-state index in [1.165, 1.54) is 0 Å². The predicted octanol–water partition coefficient (Wildman–Crippen LogP) is 3.95. The molecule has 1 aromatic rings. The van der Waals surface area contributed by atoms with Crippen LogP contribution in [0, 0.1) is 5.92 Å². The minimum atomic E-state index is -0.197. The molecule has 0 fully saturated rings. The molecule has 8 heteroatoms. The van der Waals surface area contributed by atoms with Crippen LogP contribution in [0.2, 0.25) is 0 Å². The molecule has 0 aliphatic heterocycles. The Balaban J connectivity index is 0.00000784. The minimum absolute atomic E-state index is 0. The molecule has 0 spiro atoms. The number of carbonyl (C=O) groups excluding carboxylic acids is 1. The number of amides is 2. The van der Waals surface area contributed by atoms with Gasteiger partial charge in [0.05, 0.1) is 6.10 Å². The third kappa shape index (κ3) is 11.9. The molecule has 1 rings (SSSR count). The Morgan fingerprint density at radius 1 is 1.10 bits per heavy atom. The minimum Gasteiger partial charge on any atom is -0.378 e. The van der Waals surface area contributed by atoms with Crippen LogP contribution in [0.25, 0.3) is 0 Å². The van der Waals surface area contributed by atoms with Gasteiger partial charge in [-0.1, -0.05) is 26.0 Å². The molecule has 0 heterocycles. The zero-order valence-electron chi connectivity index (χ0n) is 18.5. The largest absolute Gasteiger partial charge is 0.378 e. The Kier molecular flexibility index (Phi) is 14.5. The number of nitrogens with zero attached hydrogens (tertiary/aromatic N) is 1. The lowest BCUT2D eigenvalue weighted by molar-refractivity contribution is 0.0258. The fourth-order valence-corrected chi connectivity index (χ4v) is 2.70. The van der Waals surface area contributed by atoms with Gasteiger partial charge in [-0.05, 0) is 50.8 Å². The van der Waals surface area contributed by atoms with E-state index in [1.54, 1.807) is 7.05 Å². The molecule has 0 radical (unpaired) electrons. The van der Waals surface area contributed by atoms with Crippen LogP contribution in [0.4, 0.5) is 10.5 Å². The van der Waals surface area contributed by atoms with E-state index in [0.29, 0.717) is 12.5 Å². The Bertz CT molecular complexity index is 606. The fourth-order valence-electron chi connectivity index (χ4n) is 2.70. The molecular weight excluding hydrogens is 481 g/mol. The monoisotopic (exact) mass is 519 g/mol. The lowest BCUT2D eigenvalue weighted by Gasteiger charge is -2.21. The molecule has 1 unspecified atom stereocenters. The number of rotatable bonds is 10. The highest BCUT2D eigenvalue weighted by atomic mass is 127. The molecule has 7 nitrogen and oxygen atoms in total. The second-order valence-corrected chi connectivity index (χ2v) is 7.33. The van der Waals surface area contributed by atoms with Gasteiger partial charge in [0.15, 0.2) is 5.96 Å². The zero-order chi connectivity index (χ0) is 20.9. The van der Waals surface area contributed by atoms with Gasteiger partial charge in [-0.2, -0.15) is 0 Å². The number of carbonyl (C=O) groups is 1. The van der Waals surface area contributed by atoms with Gasteiger partial charge in [0.1, 0.15) is 0 Å². The van der Waals surface area contributed by atoms with E-state index in [9.17, 15) is 4.79 Å². The zero-order valence-corrected chi connectivity index (χ0v) is 20.9. The van der Waals surface area contributed by atoms with Crippen molar-refractivity contribution in [1.29, 1.82) is 0 Å². The Morgan fingerprint density at radius 2 is 1.76 bits per heavy atom. The normalized spacial score (nSPS) is 12.3.